The van der Waals surface area contributed by atoms with Crippen LogP contribution in [-0.4, -0.2) is 57.0 Å². The summed E-state index contributed by atoms with van der Waals surface area (Å²) < 4.78 is 0. The summed E-state index contributed by atoms with van der Waals surface area (Å²) in [6.45, 7) is 0.524. The molecule has 1 fully saturated rings. The summed E-state index contributed by atoms with van der Waals surface area (Å²) in [5.41, 5.74) is 0.315. The molecule has 3 heterocycles. The largest absolute Gasteiger partial charge is 0.384 e. The summed E-state index contributed by atoms with van der Waals surface area (Å²) in [5.74, 6) is -0.256. The van der Waals surface area contributed by atoms with E-state index in [1.807, 2.05) is 6.07 Å². The van der Waals surface area contributed by atoms with E-state index in [9.17, 15) is 19.5 Å². The maximum atomic E-state index is 12.1. The highest BCUT2D eigenvalue weighted by Crippen LogP contribution is 2.21. The second-order valence-corrected chi connectivity index (χ2v) is 6.69. The number of aryl methyl sites for hydroxylation is 1. The number of amides is 2. The quantitative estimate of drug-likeness (QED) is 0.537. The predicted octanol–water partition coefficient (Wildman–Crippen LogP) is -0.432. The number of H-pyrrole nitrogens is 2. The first-order chi connectivity index (χ1) is 12.4. The number of pyridine rings is 1. The van der Waals surface area contributed by atoms with Gasteiger partial charge in [-0.3, -0.25) is 14.4 Å². The van der Waals surface area contributed by atoms with E-state index in [1.165, 1.54) is 6.07 Å². The van der Waals surface area contributed by atoms with Crippen LogP contribution >= 0.6 is 0 Å². The summed E-state index contributed by atoms with van der Waals surface area (Å²) in [4.78, 5) is 42.3. The fraction of sp³-hybridized carbons (Fsp3) is 0.389. The Bertz CT molecular complexity index is 822. The minimum atomic E-state index is -1.08. The molecule has 8 heteroatoms. The van der Waals surface area contributed by atoms with Crippen molar-refractivity contribution in [1.29, 1.82) is 0 Å². The second-order valence-electron chi connectivity index (χ2n) is 6.69. The molecule has 3 rings (SSSR count). The second kappa shape index (κ2) is 7.57. The molecule has 0 spiro atoms. The zero-order valence-corrected chi connectivity index (χ0v) is 14.3. The number of nitrogens with zero attached hydrogens (tertiary/aromatic N) is 1. The van der Waals surface area contributed by atoms with Crippen LogP contribution in [-0.2, 0) is 22.4 Å². The molecule has 0 unspecified atom stereocenters. The molecule has 0 atom stereocenters. The maximum absolute atomic E-state index is 12.1. The average Bonchev–Trinajstić information content (AvgIpc) is 3.08. The number of carbonyl (C=O) groups excluding carboxylic acids is 2. The van der Waals surface area contributed by atoms with Crippen LogP contribution in [0.25, 0.3) is 0 Å². The number of hydrogen-bond acceptors (Lipinski definition) is 4. The van der Waals surface area contributed by atoms with Crippen LogP contribution in [0.15, 0.2) is 41.5 Å². The van der Waals surface area contributed by atoms with E-state index in [0.29, 0.717) is 18.5 Å². The third-order valence-corrected chi connectivity index (χ3v) is 4.41. The summed E-state index contributed by atoms with van der Waals surface area (Å²) in [6, 6.07) is 6.65. The highest BCUT2D eigenvalue weighted by atomic mass is 16.3. The van der Waals surface area contributed by atoms with Crippen LogP contribution in [0.4, 0.5) is 0 Å². The normalized spacial score (nSPS) is 15.3. The molecule has 2 aromatic heterocycles. The number of nitrogens with one attached hydrogen (secondary N) is 3. The van der Waals surface area contributed by atoms with E-state index >= 15 is 0 Å². The molecule has 1 saturated heterocycles. The van der Waals surface area contributed by atoms with Gasteiger partial charge in [-0.25, -0.2) is 0 Å². The van der Waals surface area contributed by atoms with Gasteiger partial charge in [0, 0.05) is 37.1 Å². The van der Waals surface area contributed by atoms with E-state index < -0.39 is 5.60 Å². The lowest BCUT2D eigenvalue weighted by Gasteiger charge is -2.46. The Labute approximate surface area is 150 Å². The number of aromatic nitrogens is 2. The fourth-order valence-corrected chi connectivity index (χ4v) is 2.95. The van der Waals surface area contributed by atoms with Gasteiger partial charge in [0.25, 0.3) is 0 Å². The van der Waals surface area contributed by atoms with Crippen LogP contribution in [0.1, 0.15) is 17.7 Å². The van der Waals surface area contributed by atoms with Gasteiger partial charge in [-0.2, -0.15) is 0 Å². The summed E-state index contributed by atoms with van der Waals surface area (Å²) in [5, 5.41) is 13.1. The fourth-order valence-electron chi connectivity index (χ4n) is 2.95. The molecule has 0 radical (unpaired) electrons. The molecule has 0 aliphatic carbocycles. The lowest BCUT2D eigenvalue weighted by molar-refractivity contribution is -0.154. The number of aliphatic hydroxyl groups is 1. The topological polar surface area (TPSA) is 118 Å². The van der Waals surface area contributed by atoms with Crippen molar-refractivity contribution in [1.82, 2.24) is 20.2 Å². The molecule has 1 aliphatic heterocycles. The predicted molar refractivity (Wildman–Crippen MR) is 94.4 cm³/mol. The van der Waals surface area contributed by atoms with Gasteiger partial charge >= 0.3 is 0 Å². The first-order valence-corrected chi connectivity index (χ1v) is 8.50. The highest BCUT2D eigenvalue weighted by molar-refractivity contribution is 5.80. The first kappa shape index (κ1) is 17.9. The first-order valence-electron chi connectivity index (χ1n) is 8.50. The standard InChI is InChI=1S/C18H22N4O4/c23-15(5-4-14-2-1-3-16(24)21-14)20-10-18(26)11-22(12-18)17(25)8-13-6-7-19-9-13/h1-3,6-7,9,19,26H,4-5,8,10-12H2,(H,20,23)(H,21,24). The minimum absolute atomic E-state index is 0.0476. The lowest BCUT2D eigenvalue weighted by atomic mass is 9.93. The van der Waals surface area contributed by atoms with Crippen LogP contribution in [0, 0.1) is 0 Å². The van der Waals surface area contributed by atoms with Crippen LogP contribution in [0.3, 0.4) is 0 Å². The maximum Gasteiger partial charge on any atom is 0.248 e. The Morgan fingerprint density at radius 3 is 2.77 bits per heavy atom. The molecule has 2 amide bonds. The average molecular weight is 358 g/mol. The highest BCUT2D eigenvalue weighted by Gasteiger charge is 2.43. The molecule has 0 saturated carbocycles. The molecular weight excluding hydrogens is 336 g/mol. The number of rotatable bonds is 7. The Morgan fingerprint density at radius 1 is 1.27 bits per heavy atom. The molecule has 8 nitrogen and oxygen atoms in total. The number of aromatic amines is 2. The van der Waals surface area contributed by atoms with Crippen LogP contribution in [0.2, 0.25) is 0 Å². The van der Waals surface area contributed by atoms with Crippen molar-refractivity contribution in [3.05, 3.63) is 58.3 Å². The molecule has 26 heavy (non-hydrogen) atoms. The van der Waals surface area contributed by atoms with Gasteiger partial charge in [0.1, 0.15) is 5.60 Å². The van der Waals surface area contributed by atoms with Gasteiger partial charge in [-0.1, -0.05) is 6.07 Å². The smallest absolute Gasteiger partial charge is 0.248 e. The molecule has 4 N–H and O–H groups in total. The molecule has 1 aliphatic rings. The molecule has 0 bridgehead atoms. The number of β-amino-alcohol motifs (C(OH)–C–C–N with tert-alkyl or cyclic N) is 1. The van der Waals surface area contributed by atoms with E-state index in [4.69, 9.17) is 0 Å². The third-order valence-electron chi connectivity index (χ3n) is 4.41. The number of hydrogen-bond donors (Lipinski definition) is 4. The number of carbonyl (C=O) groups is 2. The van der Waals surface area contributed by atoms with Gasteiger partial charge in [0.15, 0.2) is 0 Å². The molecule has 2 aromatic rings. The van der Waals surface area contributed by atoms with Crippen molar-refractivity contribution in [3.8, 4) is 0 Å². The summed E-state index contributed by atoms with van der Waals surface area (Å²) >= 11 is 0. The molecular formula is C18H22N4O4. The van der Waals surface area contributed by atoms with Crippen molar-refractivity contribution in [2.75, 3.05) is 19.6 Å². The van der Waals surface area contributed by atoms with Crippen molar-refractivity contribution < 1.29 is 14.7 Å². The van der Waals surface area contributed by atoms with E-state index in [2.05, 4.69) is 15.3 Å². The monoisotopic (exact) mass is 358 g/mol. The number of likely N-dealkylation sites (tertiary alicyclic amines) is 1. The van der Waals surface area contributed by atoms with Crippen molar-refractivity contribution in [2.45, 2.75) is 24.9 Å². The van der Waals surface area contributed by atoms with E-state index in [0.717, 1.165) is 5.56 Å². The van der Waals surface area contributed by atoms with Crippen LogP contribution in [0.5, 0.6) is 0 Å². The SMILES string of the molecule is O=C(CCc1cccc(=O)[nH]1)NCC1(O)CN(C(=O)Cc2cc[nH]c2)C1. The molecule has 138 valence electrons. The van der Waals surface area contributed by atoms with Crippen molar-refractivity contribution >= 4 is 11.8 Å². The van der Waals surface area contributed by atoms with Gasteiger partial charge in [-0.15, -0.1) is 0 Å². The Balaban J connectivity index is 1.37. The van der Waals surface area contributed by atoms with E-state index in [1.54, 1.807) is 29.4 Å². The lowest BCUT2D eigenvalue weighted by Crippen LogP contribution is -2.67. The minimum Gasteiger partial charge on any atom is -0.384 e. The zero-order chi connectivity index (χ0) is 18.6. The van der Waals surface area contributed by atoms with Gasteiger partial charge in [0.05, 0.1) is 19.5 Å². The third kappa shape index (κ3) is 4.60. The van der Waals surface area contributed by atoms with Crippen molar-refractivity contribution in [2.24, 2.45) is 0 Å². The van der Waals surface area contributed by atoms with E-state index in [-0.39, 0.29) is 43.4 Å². The molecule has 0 aromatic carbocycles. The Morgan fingerprint density at radius 2 is 2.08 bits per heavy atom. The van der Waals surface area contributed by atoms with Gasteiger partial charge < -0.3 is 25.3 Å². The van der Waals surface area contributed by atoms with Gasteiger partial charge in [0.2, 0.25) is 17.4 Å². The Hall–Kier alpha value is -2.87. The van der Waals surface area contributed by atoms with Crippen LogP contribution < -0.4 is 10.9 Å². The summed E-state index contributed by atoms with van der Waals surface area (Å²) in [6.07, 6.45) is 4.45. The van der Waals surface area contributed by atoms with Gasteiger partial charge in [-0.05, 0) is 24.1 Å². The summed E-state index contributed by atoms with van der Waals surface area (Å²) in [7, 11) is 0. The Kier molecular flexibility index (Phi) is 5.22. The van der Waals surface area contributed by atoms with Crippen molar-refractivity contribution in [3.63, 3.8) is 0 Å². The zero-order valence-electron chi connectivity index (χ0n) is 14.3.